The van der Waals surface area contributed by atoms with E-state index in [0.29, 0.717) is 0 Å². The minimum Gasteiger partial charge on any atom is -0.481 e. The van der Waals surface area contributed by atoms with Gasteiger partial charge in [-0.1, -0.05) is 0 Å². The largest absolute Gasteiger partial charge is 0.481 e. The number of anilines is 1. The Balaban J connectivity index is 2.16. The van der Waals surface area contributed by atoms with Gasteiger partial charge in [-0.25, -0.2) is 0 Å². The fourth-order valence-electron chi connectivity index (χ4n) is 1.91. The first kappa shape index (κ1) is 10.0. The van der Waals surface area contributed by atoms with Crippen LogP contribution < -0.4 is 4.90 Å². The van der Waals surface area contributed by atoms with Crippen molar-refractivity contribution in [2.45, 2.75) is 19.3 Å². The zero-order chi connectivity index (χ0) is 10.8. The van der Waals surface area contributed by atoms with E-state index in [9.17, 15) is 4.79 Å². The fourth-order valence-corrected chi connectivity index (χ4v) is 1.91. The lowest BCUT2D eigenvalue weighted by Gasteiger charge is -2.12. The van der Waals surface area contributed by atoms with E-state index in [4.69, 9.17) is 5.11 Å². The Hall–Kier alpha value is -1.52. The second-order valence-electron chi connectivity index (χ2n) is 3.88. The molecule has 15 heavy (non-hydrogen) atoms. The van der Waals surface area contributed by atoms with Crippen molar-refractivity contribution in [2.24, 2.45) is 7.05 Å². The Morgan fingerprint density at radius 1 is 1.53 bits per heavy atom. The number of hydrogen-bond donors (Lipinski definition) is 1. The van der Waals surface area contributed by atoms with Crippen LogP contribution in [-0.4, -0.2) is 33.9 Å². The van der Waals surface area contributed by atoms with E-state index < -0.39 is 5.97 Å². The first-order valence-corrected chi connectivity index (χ1v) is 5.16. The second kappa shape index (κ2) is 3.92. The molecule has 1 aromatic heterocycles. The number of nitrogens with zero attached hydrogens (tertiary/aromatic N) is 3. The lowest BCUT2D eigenvalue weighted by Crippen LogP contribution is -2.18. The average molecular weight is 209 g/mol. The number of aryl methyl sites for hydroxylation is 1. The summed E-state index contributed by atoms with van der Waals surface area (Å²) in [4.78, 5) is 12.8. The number of carbonyl (C=O) groups is 1. The lowest BCUT2D eigenvalue weighted by molar-refractivity contribution is -0.136. The average Bonchev–Trinajstić information content (AvgIpc) is 2.75. The van der Waals surface area contributed by atoms with E-state index in [1.165, 1.54) is 12.8 Å². The van der Waals surface area contributed by atoms with E-state index >= 15 is 0 Å². The predicted octanol–water partition coefficient (Wildman–Crippen LogP) is 0.647. The van der Waals surface area contributed by atoms with Gasteiger partial charge in [0.1, 0.15) is 0 Å². The topological polar surface area (TPSA) is 58.4 Å². The third-order valence-corrected chi connectivity index (χ3v) is 2.73. The monoisotopic (exact) mass is 209 g/mol. The van der Waals surface area contributed by atoms with Gasteiger partial charge in [0.2, 0.25) is 0 Å². The number of carboxylic acids is 1. The molecule has 0 bridgehead atoms. The van der Waals surface area contributed by atoms with Crippen molar-refractivity contribution in [1.29, 1.82) is 0 Å². The van der Waals surface area contributed by atoms with Crippen LogP contribution >= 0.6 is 0 Å². The van der Waals surface area contributed by atoms with Crippen molar-refractivity contribution in [1.82, 2.24) is 9.78 Å². The number of rotatable bonds is 3. The summed E-state index contributed by atoms with van der Waals surface area (Å²) in [6.07, 6.45) is 2.44. The Morgan fingerprint density at radius 3 is 2.80 bits per heavy atom. The Bertz CT molecular complexity index is 367. The van der Waals surface area contributed by atoms with Crippen LogP contribution in [0.4, 0.5) is 5.82 Å². The molecule has 0 aliphatic carbocycles. The number of hydrogen-bond acceptors (Lipinski definition) is 3. The highest BCUT2D eigenvalue weighted by atomic mass is 16.4. The molecular weight excluding hydrogens is 194 g/mol. The summed E-state index contributed by atoms with van der Waals surface area (Å²) in [7, 11) is 1.79. The zero-order valence-electron chi connectivity index (χ0n) is 8.81. The Kier molecular flexibility index (Phi) is 2.62. The minimum absolute atomic E-state index is 0.0390. The van der Waals surface area contributed by atoms with Gasteiger partial charge in [-0.3, -0.25) is 9.48 Å². The number of aromatic nitrogens is 2. The van der Waals surface area contributed by atoms with Crippen molar-refractivity contribution in [3.05, 3.63) is 11.8 Å². The van der Waals surface area contributed by atoms with E-state index in [1.54, 1.807) is 11.7 Å². The van der Waals surface area contributed by atoms with Crippen molar-refractivity contribution >= 4 is 11.8 Å². The van der Waals surface area contributed by atoms with Crippen molar-refractivity contribution in [3.63, 3.8) is 0 Å². The second-order valence-corrected chi connectivity index (χ2v) is 3.88. The molecule has 0 radical (unpaired) electrons. The van der Waals surface area contributed by atoms with Crippen LogP contribution in [0.15, 0.2) is 6.07 Å². The molecule has 1 saturated heterocycles. The molecule has 1 aliphatic heterocycles. The lowest BCUT2D eigenvalue weighted by atomic mass is 10.3. The molecule has 0 amide bonds. The van der Waals surface area contributed by atoms with Crippen molar-refractivity contribution in [2.75, 3.05) is 18.0 Å². The van der Waals surface area contributed by atoms with Crippen LogP contribution in [-0.2, 0) is 18.3 Å². The normalized spacial score (nSPS) is 15.9. The van der Waals surface area contributed by atoms with Crippen LogP contribution in [0.3, 0.4) is 0 Å². The minimum atomic E-state index is -0.814. The Morgan fingerprint density at radius 2 is 2.20 bits per heavy atom. The maximum Gasteiger partial charge on any atom is 0.309 e. The molecule has 82 valence electrons. The molecular formula is C10H15N3O2. The van der Waals surface area contributed by atoms with Crippen LogP contribution in [0.5, 0.6) is 0 Å². The van der Waals surface area contributed by atoms with Crippen LogP contribution in [0.1, 0.15) is 18.5 Å². The highest BCUT2D eigenvalue weighted by Gasteiger charge is 2.17. The maximum absolute atomic E-state index is 10.6. The van der Waals surface area contributed by atoms with Gasteiger partial charge in [0.25, 0.3) is 0 Å². The van der Waals surface area contributed by atoms with E-state index in [1.807, 2.05) is 6.07 Å². The third kappa shape index (κ3) is 2.11. The quantitative estimate of drug-likeness (QED) is 0.794. The molecule has 5 nitrogen and oxygen atoms in total. The summed E-state index contributed by atoms with van der Waals surface area (Å²) in [5.74, 6) is 0.0946. The summed E-state index contributed by atoms with van der Waals surface area (Å²) in [5.41, 5.74) is 0.754. The summed E-state index contributed by atoms with van der Waals surface area (Å²) in [6.45, 7) is 2.06. The van der Waals surface area contributed by atoms with E-state index in [2.05, 4.69) is 10.00 Å². The molecule has 2 rings (SSSR count). The smallest absolute Gasteiger partial charge is 0.309 e. The fraction of sp³-hybridized carbons (Fsp3) is 0.600. The third-order valence-electron chi connectivity index (χ3n) is 2.73. The van der Waals surface area contributed by atoms with Crippen LogP contribution in [0.25, 0.3) is 0 Å². The summed E-state index contributed by atoms with van der Waals surface area (Å²) in [5, 5.41) is 13.0. The van der Waals surface area contributed by atoms with Gasteiger partial charge in [0.15, 0.2) is 5.82 Å². The van der Waals surface area contributed by atoms with Gasteiger partial charge < -0.3 is 10.0 Å². The van der Waals surface area contributed by atoms with E-state index in [-0.39, 0.29) is 6.42 Å². The summed E-state index contributed by atoms with van der Waals surface area (Å²) < 4.78 is 1.65. The highest BCUT2D eigenvalue weighted by Crippen LogP contribution is 2.19. The van der Waals surface area contributed by atoms with Crippen molar-refractivity contribution < 1.29 is 9.90 Å². The van der Waals surface area contributed by atoms with Gasteiger partial charge in [-0.15, -0.1) is 0 Å². The molecule has 1 N–H and O–H groups in total. The first-order valence-electron chi connectivity index (χ1n) is 5.16. The molecule has 0 atom stereocenters. The molecule has 0 saturated carbocycles. The van der Waals surface area contributed by atoms with Crippen molar-refractivity contribution in [3.8, 4) is 0 Å². The zero-order valence-corrected chi connectivity index (χ0v) is 8.81. The molecule has 0 unspecified atom stereocenters. The predicted molar refractivity (Wildman–Crippen MR) is 56.0 cm³/mol. The number of carboxylic acid groups (broad SMARTS) is 1. The van der Waals surface area contributed by atoms with Gasteiger partial charge in [-0.05, 0) is 12.8 Å². The Labute approximate surface area is 88.3 Å². The van der Waals surface area contributed by atoms with Crippen LogP contribution in [0, 0.1) is 0 Å². The SMILES string of the molecule is Cn1nc(N2CCCC2)cc1CC(=O)O. The first-order chi connectivity index (χ1) is 7.16. The standard InChI is InChI=1S/C10H15N3O2/c1-12-8(7-10(14)15)6-9(11-12)13-4-2-3-5-13/h6H,2-5,7H2,1H3,(H,14,15). The molecule has 0 aromatic carbocycles. The molecule has 0 spiro atoms. The molecule has 2 heterocycles. The van der Waals surface area contributed by atoms with Gasteiger partial charge >= 0.3 is 5.97 Å². The maximum atomic E-state index is 10.6. The molecule has 1 aromatic rings. The molecule has 1 fully saturated rings. The van der Waals surface area contributed by atoms with Gasteiger partial charge in [0, 0.05) is 26.2 Å². The van der Waals surface area contributed by atoms with Gasteiger partial charge in [0.05, 0.1) is 12.1 Å². The molecule has 1 aliphatic rings. The summed E-state index contributed by atoms with van der Waals surface area (Å²) >= 11 is 0. The molecule has 5 heteroatoms. The van der Waals surface area contributed by atoms with Crippen LogP contribution in [0.2, 0.25) is 0 Å². The highest BCUT2D eigenvalue weighted by molar-refractivity contribution is 5.70. The summed E-state index contributed by atoms with van der Waals surface area (Å²) in [6, 6.07) is 1.87. The van der Waals surface area contributed by atoms with Gasteiger partial charge in [-0.2, -0.15) is 5.10 Å². The van der Waals surface area contributed by atoms with E-state index in [0.717, 1.165) is 24.6 Å². The number of aliphatic carboxylic acids is 1.